The van der Waals surface area contributed by atoms with Crippen LogP contribution in [0.25, 0.3) is 0 Å². The van der Waals surface area contributed by atoms with Crippen molar-refractivity contribution in [3.8, 4) is 0 Å². The number of carbonyl (C=O) groups excluding carboxylic acids is 2. The van der Waals surface area contributed by atoms with Gasteiger partial charge in [-0.2, -0.15) is 0 Å². The Hall–Kier alpha value is -2.67. The molecule has 0 unspecified atom stereocenters. The van der Waals surface area contributed by atoms with Gasteiger partial charge in [-0.3, -0.25) is 14.3 Å². The Kier molecular flexibility index (Phi) is 6.15. The van der Waals surface area contributed by atoms with Crippen molar-refractivity contribution in [1.29, 1.82) is 0 Å². The van der Waals surface area contributed by atoms with Gasteiger partial charge in [0.2, 0.25) is 0 Å². The monoisotopic (exact) mass is 374 g/mol. The molecule has 0 radical (unpaired) electrons. The number of Topliss-reactive ketones (excluding diaryl/α,β-unsaturated/α-hetero) is 1. The molecule has 0 fully saturated rings. The number of hydrogen-bond donors (Lipinski definition) is 2. The molecule has 2 aromatic carbocycles. The summed E-state index contributed by atoms with van der Waals surface area (Å²) in [5.41, 5.74) is 0.719. The number of sulfonamides is 1. The van der Waals surface area contributed by atoms with Crippen molar-refractivity contribution < 1.29 is 18.0 Å². The molecule has 0 aliphatic heterocycles. The number of benzene rings is 2. The lowest BCUT2D eigenvalue weighted by Crippen LogP contribution is -2.32. The van der Waals surface area contributed by atoms with E-state index in [1.807, 2.05) is 13.8 Å². The average Bonchev–Trinajstić information content (AvgIpc) is 2.61. The van der Waals surface area contributed by atoms with Crippen molar-refractivity contribution in [1.82, 2.24) is 5.32 Å². The van der Waals surface area contributed by atoms with Crippen molar-refractivity contribution in [2.75, 3.05) is 4.72 Å². The van der Waals surface area contributed by atoms with Gasteiger partial charge in [0.05, 0.1) is 16.1 Å². The zero-order valence-corrected chi connectivity index (χ0v) is 15.8. The van der Waals surface area contributed by atoms with Gasteiger partial charge in [-0.05, 0) is 44.5 Å². The van der Waals surface area contributed by atoms with Crippen molar-refractivity contribution in [3.05, 3.63) is 59.7 Å². The average molecular weight is 374 g/mol. The Morgan fingerprint density at radius 1 is 1.08 bits per heavy atom. The molecule has 2 rings (SSSR count). The molecule has 0 bridgehead atoms. The molecular formula is C19H22N2O4S. The fraction of sp³-hybridized carbons (Fsp3) is 0.263. The zero-order valence-electron chi connectivity index (χ0n) is 14.9. The maximum atomic E-state index is 12.7. The van der Waals surface area contributed by atoms with Crippen LogP contribution in [0.2, 0.25) is 0 Å². The van der Waals surface area contributed by atoms with Crippen LogP contribution < -0.4 is 10.0 Å². The fourth-order valence-corrected chi connectivity index (χ4v) is 3.38. The van der Waals surface area contributed by atoms with E-state index in [0.717, 1.165) is 6.42 Å². The number of hydrogen-bond acceptors (Lipinski definition) is 4. The Morgan fingerprint density at radius 2 is 1.77 bits per heavy atom. The topological polar surface area (TPSA) is 92.3 Å². The van der Waals surface area contributed by atoms with Gasteiger partial charge < -0.3 is 5.32 Å². The minimum atomic E-state index is -3.94. The summed E-state index contributed by atoms with van der Waals surface area (Å²) in [5, 5.41) is 2.82. The zero-order chi connectivity index (χ0) is 19.3. The van der Waals surface area contributed by atoms with Crippen LogP contribution in [0.15, 0.2) is 53.4 Å². The van der Waals surface area contributed by atoms with Crippen molar-refractivity contribution in [2.45, 2.75) is 38.1 Å². The molecule has 0 heterocycles. The largest absolute Gasteiger partial charge is 0.350 e. The molecule has 0 saturated carbocycles. The number of para-hydroxylation sites is 1. The second-order valence-electron chi connectivity index (χ2n) is 6.02. The van der Waals surface area contributed by atoms with Crippen LogP contribution in [-0.2, 0) is 10.0 Å². The van der Waals surface area contributed by atoms with Gasteiger partial charge in [-0.25, -0.2) is 8.42 Å². The molecule has 138 valence electrons. The lowest BCUT2D eigenvalue weighted by molar-refractivity contribution is 0.0939. The highest BCUT2D eigenvalue weighted by Crippen LogP contribution is 2.21. The van der Waals surface area contributed by atoms with Gasteiger partial charge in [0.25, 0.3) is 15.9 Å². The summed E-state index contributed by atoms with van der Waals surface area (Å²) < 4.78 is 27.8. The molecule has 2 N–H and O–H groups in total. The van der Waals surface area contributed by atoms with Gasteiger partial charge in [0.1, 0.15) is 0 Å². The highest BCUT2D eigenvalue weighted by molar-refractivity contribution is 7.92. The van der Waals surface area contributed by atoms with E-state index in [9.17, 15) is 18.0 Å². The van der Waals surface area contributed by atoms with E-state index < -0.39 is 10.0 Å². The van der Waals surface area contributed by atoms with Gasteiger partial charge in [0.15, 0.2) is 5.78 Å². The lowest BCUT2D eigenvalue weighted by Gasteiger charge is -2.15. The van der Waals surface area contributed by atoms with Crippen LogP contribution in [0, 0.1) is 0 Å². The van der Waals surface area contributed by atoms with Gasteiger partial charge in [-0.1, -0.05) is 31.2 Å². The summed E-state index contributed by atoms with van der Waals surface area (Å²) in [5.74, 6) is -0.578. The highest BCUT2D eigenvalue weighted by atomic mass is 32.2. The summed E-state index contributed by atoms with van der Waals surface area (Å²) in [4.78, 5) is 23.9. The van der Waals surface area contributed by atoms with Crippen LogP contribution in [0.4, 0.5) is 5.69 Å². The molecule has 0 saturated heterocycles. The van der Waals surface area contributed by atoms with E-state index >= 15 is 0 Å². The maximum Gasteiger partial charge on any atom is 0.261 e. The Balaban J connectivity index is 2.34. The van der Waals surface area contributed by atoms with E-state index in [4.69, 9.17) is 0 Å². The van der Waals surface area contributed by atoms with Crippen molar-refractivity contribution in [2.24, 2.45) is 0 Å². The van der Waals surface area contributed by atoms with E-state index in [1.165, 1.54) is 31.2 Å². The Morgan fingerprint density at radius 3 is 2.42 bits per heavy atom. The van der Waals surface area contributed by atoms with Gasteiger partial charge in [0, 0.05) is 11.6 Å². The highest BCUT2D eigenvalue weighted by Gasteiger charge is 2.20. The number of rotatable bonds is 7. The van der Waals surface area contributed by atoms with E-state index in [-0.39, 0.29) is 33.9 Å². The Bertz CT molecular complexity index is 923. The molecule has 0 aromatic heterocycles. The smallest absolute Gasteiger partial charge is 0.261 e. The van der Waals surface area contributed by atoms with Crippen LogP contribution in [-0.4, -0.2) is 26.2 Å². The standard InChI is InChI=1S/C19H22N2O4S/c1-4-13(2)20-19(23)17-10-5-6-11-18(17)21-26(24,25)16-9-7-8-15(12-16)14(3)22/h5-13,21H,4H2,1-3H3,(H,20,23)/t13-/m0/s1. The molecule has 2 aromatic rings. The predicted molar refractivity (Wildman–Crippen MR) is 101 cm³/mol. The number of amides is 1. The molecule has 26 heavy (non-hydrogen) atoms. The molecule has 7 heteroatoms. The normalized spacial score (nSPS) is 12.3. The first-order valence-electron chi connectivity index (χ1n) is 8.28. The second kappa shape index (κ2) is 8.14. The number of anilines is 1. The third-order valence-corrected chi connectivity index (χ3v) is 5.32. The van der Waals surface area contributed by atoms with Gasteiger partial charge in [-0.15, -0.1) is 0 Å². The minimum Gasteiger partial charge on any atom is -0.350 e. The fourth-order valence-electron chi connectivity index (χ4n) is 2.26. The lowest BCUT2D eigenvalue weighted by atomic mass is 10.1. The molecule has 6 nitrogen and oxygen atoms in total. The minimum absolute atomic E-state index is 0.0283. The number of nitrogens with one attached hydrogen (secondary N) is 2. The van der Waals surface area contributed by atoms with Crippen molar-refractivity contribution in [3.63, 3.8) is 0 Å². The molecule has 1 amide bonds. The SMILES string of the molecule is CC[C@H](C)NC(=O)c1ccccc1NS(=O)(=O)c1cccc(C(C)=O)c1. The first-order valence-corrected chi connectivity index (χ1v) is 9.76. The van der Waals surface area contributed by atoms with Crippen molar-refractivity contribution >= 4 is 27.4 Å². The van der Waals surface area contributed by atoms with Crippen LogP contribution >= 0.6 is 0 Å². The predicted octanol–water partition coefficient (Wildman–Crippen LogP) is 3.22. The van der Waals surface area contributed by atoms with Gasteiger partial charge >= 0.3 is 0 Å². The van der Waals surface area contributed by atoms with E-state index in [1.54, 1.807) is 24.3 Å². The number of carbonyl (C=O) groups is 2. The first-order chi connectivity index (χ1) is 12.2. The molecule has 1 atom stereocenters. The van der Waals surface area contributed by atoms with Crippen LogP contribution in [0.3, 0.4) is 0 Å². The summed E-state index contributed by atoms with van der Waals surface area (Å²) in [6, 6.07) is 12.1. The first kappa shape index (κ1) is 19.7. The van der Waals surface area contributed by atoms with E-state index in [2.05, 4.69) is 10.0 Å². The third-order valence-electron chi connectivity index (χ3n) is 3.96. The maximum absolute atomic E-state index is 12.7. The molecule has 0 aliphatic rings. The summed E-state index contributed by atoms with van der Waals surface area (Å²) in [6.45, 7) is 5.19. The molecule has 0 aliphatic carbocycles. The molecular weight excluding hydrogens is 352 g/mol. The Labute approximate surface area is 153 Å². The summed E-state index contributed by atoms with van der Waals surface area (Å²) in [6.07, 6.45) is 0.761. The third kappa shape index (κ3) is 4.70. The van der Waals surface area contributed by atoms with Crippen LogP contribution in [0.5, 0.6) is 0 Å². The second-order valence-corrected chi connectivity index (χ2v) is 7.70. The molecule has 0 spiro atoms. The summed E-state index contributed by atoms with van der Waals surface area (Å²) >= 11 is 0. The number of ketones is 1. The quantitative estimate of drug-likeness (QED) is 0.728. The summed E-state index contributed by atoms with van der Waals surface area (Å²) in [7, 11) is -3.94. The van der Waals surface area contributed by atoms with E-state index in [0.29, 0.717) is 5.56 Å². The van der Waals surface area contributed by atoms with Crippen LogP contribution in [0.1, 0.15) is 47.9 Å².